The van der Waals surface area contributed by atoms with E-state index in [9.17, 15) is 9.18 Å². The fourth-order valence-electron chi connectivity index (χ4n) is 1.93. The van der Waals surface area contributed by atoms with E-state index in [1.807, 2.05) is 0 Å². The van der Waals surface area contributed by atoms with Crippen LogP contribution in [0.25, 0.3) is 11.4 Å². The Bertz CT molecular complexity index is 802. The highest BCUT2D eigenvalue weighted by molar-refractivity contribution is 6.34. The highest BCUT2D eigenvalue weighted by Crippen LogP contribution is 2.22. The van der Waals surface area contributed by atoms with Gasteiger partial charge >= 0.3 is 0 Å². The average Bonchev–Trinajstić information content (AvgIpc) is 3.01. The Morgan fingerprint density at radius 3 is 2.77 bits per heavy atom. The van der Waals surface area contributed by atoms with Crippen LogP contribution in [-0.4, -0.2) is 26.5 Å². The highest BCUT2D eigenvalue weighted by Gasteiger charge is 2.16. The number of amides is 1. The Kier molecular flexibility index (Phi) is 3.80. The molecule has 0 spiro atoms. The third kappa shape index (κ3) is 2.79. The number of halogens is 2. The number of benzene rings is 2. The largest absolute Gasteiger partial charge is 0.322 e. The second-order valence-electron chi connectivity index (χ2n) is 4.37. The molecule has 22 heavy (non-hydrogen) atoms. The third-order valence-corrected chi connectivity index (χ3v) is 3.23. The molecule has 3 aromatic rings. The number of H-pyrrole nitrogens is 1. The van der Waals surface area contributed by atoms with Crippen LogP contribution in [0.4, 0.5) is 10.1 Å². The van der Waals surface area contributed by atoms with Crippen LogP contribution in [0.15, 0.2) is 42.5 Å². The van der Waals surface area contributed by atoms with Crippen molar-refractivity contribution in [3.63, 3.8) is 0 Å². The molecule has 0 bridgehead atoms. The molecule has 0 unspecified atom stereocenters. The number of nitrogens with zero attached hydrogens (tertiary/aromatic N) is 3. The van der Waals surface area contributed by atoms with Gasteiger partial charge in [0.1, 0.15) is 5.82 Å². The van der Waals surface area contributed by atoms with Gasteiger partial charge in [0, 0.05) is 11.3 Å². The lowest BCUT2D eigenvalue weighted by atomic mass is 10.1. The van der Waals surface area contributed by atoms with Gasteiger partial charge in [0.25, 0.3) is 5.91 Å². The maximum absolute atomic E-state index is 13.7. The first-order chi connectivity index (χ1) is 10.6. The zero-order valence-corrected chi connectivity index (χ0v) is 11.8. The molecule has 0 aliphatic carbocycles. The van der Waals surface area contributed by atoms with Gasteiger partial charge in [-0.15, -0.1) is 10.2 Å². The van der Waals surface area contributed by atoms with Crippen LogP contribution < -0.4 is 5.32 Å². The topological polar surface area (TPSA) is 83.6 Å². The Morgan fingerprint density at radius 1 is 1.23 bits per heavy atom. The smallest absolute Gasteiger partial charge is 0.260 e. The molecule has 0 aliphatic rings. The van der Waals surface area contributed by atoms with Crippen molar-refractivity contribution in [1.82, 2.24) is 20.6 Å². The number of hydrogen-bond donors (Lipinski definition) is 2. The highest BCUT2D eigenvalue weighted by atomic mass is 35.5. The van der Waals surface area contributed by atoms with Crippen LogP contribution in [0.3, 0.4) is 0 Å². The Balaban J connectivity index is 1.87. The maximum atomic E-state index is 13.7. The average molecular weight is 318 g/mol. The van der Waals surface area contributed by atoms with E-state index in [2.05, 4.69) is 25.9 Å². The lowest BCUT2D eigenvalue weighted by Crippen LogP contribution is -2.14. The molecule has 110 valence electrons. The van der Waals surface area contributed by atoms with E-state index in [0.717, 1.165) is 0 Å². The van der Waals surface area contributed by atoms with Crippen molar-refractivity contribution in [3.8, 4) is 11.4 Å². The van der Waals surface area contributed by atoms with E-state index in [4.69, 9.17) is 11.6 Å². The lowest BCUT2D eigenvalue weighted by molar-refractivity contribution is 0.102. The van der Waals surface area contributed by atoms with Crippen molar-refractivity contribution in [2.24, 2.45) is 0 Å². The Labute approximate surface area is 129 Å². The van der Waals surface area contributed by atoms with Crippen molar-refractivity contribution in [3.05, 3.63) is 58.9 Å². The molecule has 2 aromatic carbocycles. The van der Waals surface area contributed by atoms with Crippen molar-refractivity contribution < 1.29 is 9.18 Å². The quantitative estimate of drug-likeness (QED) is 0.778. The van der Waals surface area contributed by atoms with E-state index >= 15 is 0 Å². The minimum atomic E-state index is -0.681. The first kappa shape index (κ1) is 14.2. The molecule has 0 atom stereocenters. The number of rotatable bonds is 3. The van der Waals surface area contributed by atoms with Crippen LogP contribution in [0.2, 0.25) is 5.02 Å². The summed E-state index contributed by atoms with van der Waals surface area (Å²) in [5, 5.41) is 16.2. The van der Waals surface area contributed by atoms with Gasteiger partial charge < -0.3 is 5.32 Å². The second-order valence-corrected chi connectivity index (χ2v) is 4.77. The third-order valence-electron chi connectivity index (χ3n) is 2.91. The van der Waals surface area contributed by atoms with Crippen molar-refractivity contribution >= 4 is 23.2 Å². The first-order valence-electron chi connectivity index (χ1n) is 6.24. The molecule has 3 rings (SSSR count). The number of hydrogen-bond acceptors (Lipinski definition) is 4. The monoisotopic (exact) mass is 317 g/mol. The van der Waals surface area contributed by atoms with Crippen LogP contribution in [-0.2, 0) is 0 Å². The molecule has 0 fully saturated rings. The molecule has 1 aromatic heterocycles. The molecule has 0 saturated carbocycles. The number of nitrogens with one attached hydrogen (secondary N) is 2. The predicted molar refractivity (Wildman–Crippen MR) is 79.0 cm³/mol. The van der Waals surface area contributed by atoms with Gasteiger partial charge in [0.15, 0.2) is 0 Å². The SMILES string of the molecule is O=C(Nc1cccc(-c2nn[nH]n2)c1)c1c(F)cccc1Cl. The first-order valence-corrected chi connectivity index (χ1v) is 6.62. The van der Waals surface area contributed by atoms with Gasteiger partial charge in [-0.2, -0.15) is 5.21 Å². The van der Waals surface area contributed by atoms with Gasteiger partial charge in [-0.3, -0.25) is 4.79 Å². The second kappa shape index (κ2) is 5.90. The van der Waals surface area contributed by atoms with Gasteiger partial charge in [-0.1, -0.05) is 29.8 Å². The molecule has 8 heteroatoms. The molecule has 2 N–H and O–H groups in total. The summed E-state index contributed by atoms with van der Waals surface area (Å²) in [6, 6.07) is 10.9. The Hall–Kier alpha value is -2.80. The number of aromatic nitrogens is 4. The minimum Gasteiger partial charge on any atom is -0.322 e. The van der Waals surface area contributed by atoms with Crippen LogP contribution in [0.5, 0.6) is 0 Å². The van der Waals surface area contributed by atoms with E-state index in [1.165, 1.54) is 18.2 Å². The molecule has 1 heterocycles. The van der Waals surface area contributed by atoms with E-state index in [-0.39, 0.29) is 10.6 Å². The van der Waals surface area contributed by atoms with Gasteiger partial charge in [-0.05, 0) is 29.5 Å². The van der Waals surface area contributed by atoms with Crippen LogP contribution in [0, 0.1) is 5.82 Å². The normalized spacial score (nSPS) is 10.5. The summed E-state index contributed by atoms with van der Waals surface area (Å²) in [5.41, 5.74) is 0.923. The summed E-state index contributed by atoms with van der Waals surface area (Å²) < 4.78 is 13.7. The lowest BCUT2D eigenvalue weighted by Gasteiger charge is -2.08. The van der Waals surface area contributed by atoms with Gasteiger partial charge in [0.05, 0.1) is 10.6 Å². The van der Waals surface area contributed by atoms with E-state index in [1.54, 1.807) is 24.3 Å². The minimum absolute atomic E-state index is 0.0480. The zero-order chi connectivity index (χ0) is 15.5. The molecular formula is C14H9ClFN5O. The summed E-state index contributed by atoms with van der Waals surface area (Å²) in [4.78, 5) is 12.2. The number of carbonyl (C=O) groups is 1. The zero-order valence-electron chi connectivity index (χ0n) is 11.0. The molecule has 1 amide bonds. The van der Waals surface area contributed by atoms with Crippen molar-refractivity contribution in [1.29, 1.82) is 0 Å². The number of carbonyl (C=O) groups excluding carboxylic acids is 1. The molecule has 0 saturated heterocycles. The maximum Gasteiger partial charge on any atom is 0.260 e. The molecule has 6 nitrogen and oxygen atoms in total. The molecule has 0 radical (unpaired) electrons. The predicted octanol–water partition coefficient (Wildman–Crippen LogP) is 2.91. The molecule has 0 aliphatic heterocycles. The van der Waals surface area contributed by atoms with Gasteiger partial charge in [0.2, 0.25) is 5.82 Å². The summed E-state index contributed by atoms with van der Waals surface area (Å²) in [7, 11) is 0. The number of anilines is 1. The van der Waals surface area contributed by atoms with Gasteiger partial charge in [-0.25, -0.2) is 4.39 Å². The Morgan fingerprint density at radius 2 is 2.05 bits per heavy atom. The number of tetrazole rings is 1. The van der Waals surface area contributed by atoms with E-state index < -0.39 is 11.7 Å². The standard InChI is InChI=1S/C14H9ClFN5O/c15-10-5-2-6-11(16)12(10)14(22)17-9-4-1-3-8(7-9)13-18-20-21-19-13/h1-7H,(H,17,22)(H,18,19,20,21). The summed E-state index contributed by atoms with van der Waals surface area (Å²) in [6.07, 6.45) is 0. The summed E-state index contributed by atoms with van der Waals surface area (Å²) >= 11 is 5.87. The van der Waals surface area contributed by atoms with Crippen LogP contribution >= 0.6 is 11.6 Å². The molecular weight excluding hydrogens is 309 g/mol. The summed E-state index contributed by atoms with van der Waals surface area (Å²) in [6.45, 7) is 0. The fourth-order valence-corrected chi connectivity index (χ4v) is 2.18. The van der Waals surface area contributed by atoms with Crippen LogP contribution in [0.1, 0.15) is 10.4 Å². The van der Waals surface area contributed by atoms with Crippen molar-refractivity contribution in [2.45, 2.75) is 0 Å². The fraction of sp³-hybridized carbons (Fsp3) is 0. The summed E-state index contributed by atoms with van der Waals surface area (Å²) in [5.74, 6) is -0.923. The van der Waals surface area contributed by atoms with E-state index in [0.29, 0.717) is 17.1 Å². The van der Waals surface area contributed by atoms with Crippen molar-refractivity contribution in [2.75, 3.05) is 5.32 Å². The number of aromatic amines is 1.